The molecule has 0 saturated carbocycles. The van der Waals surface area contributed by atoms with Crippen molar-refractivity contribution in [3.05, 3.63) is 29.3 Å². The molecule has 0 atom stereocenters. The molecule has 0 aliphatic rings. The van der Waals surface area contributed by atoms with Crippen molar-refractivity contribution in [2.45, 2.75) is 6.29 Å². The van der Waals surface area contributed by atoms with Gasteiger partial charge in [-0.1, -0.05) is 6.07 Å². The highest BCUT2D eigenvalue weighted by Gasteiger charge is 2.27. The predicted octanol–water partition coefficient (Wildman–Crippen LogP) is 1.45. The fourth-order valence-electron chi connectivity index (χ4n) is 1.89. The molecule has 1 rings (SSSR count). The Labute approximate surface area is 134 Å². The van der Waals surface area contributed by atoms with Crippen LogP contribution in [-0.4, -0.2) is 53.6 Å². The van der Waals surface area contributed by atoms with E-state index in [4.69, 9.17) is 18.9 Å². The van der Waals surface area contributed by atoms with Gasteiger partial charge < -0.3 is 23.7 Å². The molecule has 0 bridgehead atoms. The predicted molar refractivity (Wildman–Crippen MR) is 82.4 cm³/mol. The normalized spacial score (nSPS) is 11.3. The maximum absolute atomic E-state index is 12.3. The van der Waals surface area contributed by atoms with E-state index in [1.807, 2.05) is 0 Å². The number of ketones is 1. The molecule has 7 heteroatoms. The van der Waals surface area contributed by atoms with Crippen molar-refractivity contribution in [3.8, 4) is 11.5 Å². The van der Waals surface area contributed by atoms with Gasteiger partial charge >= 0.3 is 5.97 Å². The summed E-state index contributed by atoms with van der Waals surface area (Å²) in [5.74, 6) is -0.435. The van der Waals surface area contributed by atoms with Crippen LogP contribution in [0.25, 0.3) is 6.08 Å². The standard InChI is InChI=1S/C16H20O7/c1-19-12-7-6-10(9-13(12)20-2)8-11(15(18)21-3)14(17)16(22-4)23-5/h6-9,16H,1-5H3. The zero-order valence-corrected chi connectivity index (χ0v) is 13.7. The number of benzene rings is 1. The Hall–Kier alpha value is -2.38. The number of Topliss-reactive ketones (excluding diaryl/α,β-unsaturated/α-hetero) is 1. The highest BCUT2D eigenvalue weighted by atomic mass is 16.7. The van der Waals surface area contributed by atoms with Crippen LogP contribution < -0.4 is 9.47 Å². The van der Waals surface area contributed by atoms with Crippen molar-refractivity contribution in [1.82, 2.24) is 0 Å². The van der Waals surface area contributed by atoms with Crippen molar-refractivity contribution in [2.24, 2.45) is 0 Å². The van der Waals surface area contributed by atoms with Crippen LogP contribution >= 0.6 is 0 Å². The molecule has 0 spiro atoms. The van der Waals surface area contributed by atoms with Gasteiger partial charge in [-0.25, -0.2) is 4.79 Å². The second-order valence-electron chi connectivity index (χ2n) is 4.33. The molecule has 23 heavy (non-hydrogen) atoms. The van der Waals surface area contributed by atoms with E-state index in [-0.39, 0.29) is 5.57 Å². The summed E-state index contributed by atoms with van der Waals surface area (Å²) in [6.07, 6.45) is 0.182. The van der Waals surface area contributed by atoms with E-state index in [1.54, 1.807) is 18.2 Å². The molecule has 0 saturated heterocycles. The second kappa shape index (κ2) is 8.92. The number of hydrogen-bond acceptors (Lipinski definition) is 7. The summed E-state index contributed by atoms with van der Waals surface area (Å²) in [5, 5.41) is 0. The average Bonchev–Trinajstić information content (AvgIpc) is 2.59. The summed E-state index contributed by atoms with van der Waals surface area (Å²) in [6.45, 7) is 0. The highest BCUT2D eigenvalue weighted by Crippen LogP contribution is 2.28. The molecule has 0 aromatic heterocycles. The maximum atomic E-state index is 12.3. The molecular formula is C16H20O7. The molecular weight excluding hydrogens is 304 g/mol. The zero-order valence-electron chi connectivity index (χ0n) is 13.7. The van der Waals surface area contributed by atoms with Crippen LogP contribution in [0.2, 0.25) is 0 Å². The summed E-state index contributed by atoms with van der Waals surface area (Å²) in [5.41, 5.74) is 0.357. The molecule has 0 fully saturated rings. The monoisotopic (exact) mass is 324 g/mol. The van der Waals surface area contributed by atoms with E-state index < -0.39 is 18.0 Å². The van der Waals surface area contributed by atoms with Crippen LogP contribution in [0.3, 0.4) is 0 Å². The van der Waals surface area contributed by atoms with Gasteiger partial charge in [0, 0.05) is 14.2 Å². The summed E-state index contributed by atoms with van der Waals surface area (Å²) in [4.78, 5) is 24.2. The lowest BCUT2D eigenvalue weighted by atomic mass is 10.1. The number of esters is 1. The highest BCUT2D eigenvalue weighted by molar-refractivity contribution is 6.21. The number of ether oxygens (including phenoxy) is 5. The molecule has 0 unspecified atom stereocenters. The third-order valence-corrected chi connectivity index (χ3v) is 3.03. The Morgan fingerprint density at radius 3 is 2.04 bits per heavy atom. The smallest absolute Gasteiger partial charge is 0.341 e. The Morgan fingerprint density at radius 1 is 0.957 bits per heavy atom. The van der Waals surface area contributed by atoms with Gasteiger partial charge in [0.25, 0.3) is 0 Å². The maximum Gasteiger partial charge on any atom is 0.341 e. The van der Waals surface area contributed by atoms with E-state index >= 15 is 0 Å². The summed E-state index contributed by atoms with van der Waals surface area (Å²) < 4.78 is 24.8. The van der Waals surface area contributed by atoms with Crippen molar-refractivity contribution in [2.75, 3.05) is 35.5 Å². The molecule has 0 aliphatic carbocycles. The molecule has 7 nitrogen and oxygen atoms in total. The first-order valence-corrected chi connectivity index (χ1v) is 6.64. The van der Waals surface area contributed by atoms with E-state index in [9.17, 15) is 9.59 Å². The summed E-state index contributed by atoms with van der Waals surface area (Å²) in [6, 6.07) is 4.96. The van der Waals surface area contributed by atoms with Crippen LogP contribution in [0.1, 0.15) is 5.56 Å². The minimum Gasteiger partial charge on any atom is -0.493 e. The third kappa shape index (κ3) is 4.54. The Kier molecular flexibility index (Phi) is 7.24. The Balaban J connectivity index is 3.29. The van der Waals surface area contributed by atoms with Crippen LogP contribution in [0.15, 0.2) is 23.8 Å². The minimum atomic E-state index is -1.19. The first-order chi connectivity index (χ1) is 11.0. The van der Waals surface area contributed by atoms with E-state index in [0.717, 1.165) is 0 Å². The average molecular weight is 324 g/mol. The molecule has 0 amide bonds. The van der Waals surface area contributed by atoms with Crippen molar-refractivity contribution < 1.29 is 33.3 Å². The van der Waals surface area contributed by atoms with Crippen LogP contribution in [0.5, 0.6) is 11.5 Å². The van der Waals surface area contributed by atoms with Gasteiger partial charge in [-0.15, -0.1) is 0 Å². The van der Waals surface area contributed by atoms with Gasteiger partial charge in [-0.3, -0.25) is 4.79 Å². The Morgan fingerprint density at radius 2 is 1.57 bits per heavy atom. The lowest BCUT2D eigenvalue weighted by Crippen LogP contribution is -2.29. The minimum absolute atomic E-state index is 0.201. The number of rotatable bonds is 8. The molecule has 1 aromatic rings. The molecule has 0 heterocycles. The summed E-state index contributed by atoms with van der Waals surface area (Å²) in [7, 11) is 6.80. The topological polar surface area (TPSA) is 80.3 Å². The van der Waals surface area contributed by atoms with Crippen LogP contribution in [0.4, 0.5) is 0 Å². The van der Waals surface area contributed by atoms with Crippen molar-refractivity contribution in [1.29, 1.82) is 0 Å². The van der Waals surface area contributed by atoms with Gasteiger partial charge in [0.05, 0.1) is 21.3 Å². The lowest BCUT2D eigenvalue weighted by molar-refractivity contribution is -0.155. The van der Waals surface area contributed by atoms with Gasteiger partial charge in [-0.2, -0.15) is 0 Å². The summed E-state index contributed by atoms with van der Waals surface area (Å²) >= 11 is 0. The second-order valence-corrected chi connectivity index (χ2v) is 4.33. The SMILES string of the molecule is COC(=O)C(=Cc1ccc(OC)c(OC)c1)C(=O)C(OC)OC. The number of hydrogen-bond donors (Lipinski definition) is 0. The van der Waals surface area contributed by atoms with Gasteiger partial charge in [0.15, 0.2) is 11.5 Å². The first-order valence-electron chi connectivity index (χ1n) is 6.64. The number of carbonyl (C=O) groups is 2. The van der Waals surface area contributed by atoms with Gasteiger partial charge in [-0.05, 0) is 23.8 Å². The van der Waals surface area contributed by atoms with Crippen LogP contribution in [0, 0.1) is 0 Å². The quantitative estimate of drug-likeness (QED) is 0.235. The van der Waals surface area contributed by atoms with E-state index in [2.05, 4.69) is 4.74 Å². The molecule has 0 radical (unpaired) electrons. The van der Waals surface area contributed by atoms with Crippen LogP contribution in [-0.2, 0) is 23.8 Å². The fourth-order valence-corrected chi connectivity index (χ4v) is 1.89. The Bertz CT molecular complexity index is 588. The zero-order chi connectivity index (χ0) is 17.4. The van der Waals surface area contributed by atoms with Crippen molar-refractivity contribution >= 4 is 17.8 Å². The van der Waals surface area contributed by atoms with Gasteiger partial charge in [0.1, 0.15) is 5.57 Å². The number of carbonyl (C=O) groups excluding carboxylic acids is 2. The third-order valence-electron chi connectivity index (χ3n) is 3.03. The molecule has 0 N–H and O–H groups in total. The van der Waals surface area contributed by atoms with Gasteiger partial charge in [0.2, 0.25) is 12.1 Å². The molecule has 1 aromatic carbocycles. The molecule has 0 aliphatic heterocycles. The largest absolute Gasteiger partial charge is 0.493 e. The van der Waals surface area contributed by atoms with E-state index in [1.165, 1.54) is 41.6 Å². The number of methoxy groups -OCH3 is 5. The lowest BCUT2D eigenvalue weighted by Gasteiger charge is -2.13. The molecule has 126 valence electrons. The fraction of sp³-hybridized carbons (Fsp3) is 0.375. The first kappa shape index (κ1) is 18.7. The van der Waals surface area contributed by atoms with Crippen molar-refractivity contribution in [3.63, 3.8) is 0 Å². The van der Waals surface area contributed by atoms with E-state index in [0.29, 0.717) is 17.1 Å².